The number of aromatic nitrogens is 1. The van der Waals surface area contributed by atoms with E-state index < -0.39 is 11.9 Å². The van der Waals surface area contributed by atoms with Crippen molar-refractivity contribution < 1.29 is 23.8 Å². The summed E-state index contributed by atoms with van der Waals surface area (Å²) >= 11 is 2.83. The van der Waals surface area contributed by atoms with E-state index in [1.54, 1.807) is 16.7 Å². The molecule has 9 heteroatoms. The molecule has 0 spiro atoms. The van der Waals surface area contributed by atoms with Gasteiger partial charge in [0.15, 0.2) is 16.3 Å². The number of esters is 1. The van der Waals surface area contributed by atoms with Gasteiger partial charge in [0.1, 0.15) is 19.8 Å². The molecule has 0 atom stereocenters. The number of hydrogen-bond acceptors (Lipinski definition) is 7. The van der Waals surface area contributed by atoms with Gasteiger partial charge in [0.2, 0.25) is 0 Å². The van der Waals surface area contributed by atoms with Gasteiger partial charge >= 0.3 is 5.97 Å². The van der Waals surface area contributed by atoms with Crippen molar-refractivity contribution in [3.63, 3.8) is 0 Å². The minimum atomic E-state index is -0.433. The first-order chi connectivity index (χ1) is 13.6. The van der Waals surface area contributed by atoms with Crippen molar-refractivity contribution in [3.8, 4) is 11.5 Å². The van der Waals surface area contributed by atoms with Gasteiger partial charge in [-0.1, -0.05) is 17.4 Å². The Morgan fingerprint density at radius 2 is 2.07 bits per heavy atom. The van der Waals surface area contributed by atoms with Gasteiger partial charge < -0.3 is 18.8 Å². The molecule has 28 heavy (non-hydrogen) atoms. The largest absolute Gasteiger partial charge is 0.486 e. The highest BCUT2D eigenvalue weighted by atomic mass is 32.1. The Bertz CT molecular complexity index is 1130. The molecule has 0 radical (unpaired) electrons. The Labute approximate surface area is 168 Å². The SMILES string of the molecule is COC(=O)Cn1c(=NC(=O)/C=C/c2cccs2)sc2cc3c(cc21)OCCO3. The van der Waals surface area contributed by atoms with Crippen molar-refractivity contribution in [3.05, 3.63) is 45.4 Å². The Morgan fingerprint density at radius 3 is 2.79 bits per heavy atom. The lowest BCUT2D eigenvalue weighted by atomic mass is 10.2. The molecule has 2 aromatic heterocycles. The van der Waals surface area contributed by atoms with E-state index in [0.29, 0.717) is 29.5 Å². The fourth-order valence-electron chi connectivity index (χ4n) is 2.71. The minimum Gasteiger partial charge on any atom is -0.486 e. The van der Waals surface area contributed by atoms with Crippen molar-refractivity contribution >= 4 is 50.8 Å². The number of amides is 1. The molecule has 0 N–H and O–H groups in total. The van der Waals surface area contributed by atoms with Gasteiger partial charge in [-0.25, -0.2) is 0 Å². The maximum atomic E-state index is 12.3. The number of thiazole rings is 1. The van der Waals surface area contributed by atoms with E-state index in [4.69, 9.17) is 14.2 Å². The number of fused-ring (bicyclic) bond motifs is 2. The third-order valence-electron chi connectivity index (χ3n) is 4.00. The lowest BCUT2D eigenvalue weighted by molar-refractivity contribution is -0.141. The number of rotatable bonds is 4. The molecule has 0 fully saturated rings. The molecule has 0 aliphatic carbocycles. The van der Waals surface area contributed by atoms with E-state index in [1.807, 2.05) is 23.6 Å². The summed E-state index contributed by atoms with van der Waals surface area (Å²) in [7, 11) is 1.32. The molecule has 4 rings (SSSR count). The number of hydrogen-bond donors (Lipinski definition) is 0. The Morgan fingerprint density at radius 1 is 1.29 bits per heavy atom. The Hall–Kier alpha value is -2.91. The fraction of sp³-hybridized carbons (Fsp3) is 0.211. The van der Waals surface area contributed by atoms with E-state index in [9.17, 15) is 9.59 Å². The molecule has 0 unspecified atom stereocenters. The van der Waals surface area contributed by atoms with Crippen LogP contribution in [0.2, 0.25) is 0 Å². The van der Waals surface area contributed by atoms with Crippen LogP contribution in [0.4, 0.5) is 0 Å². The molecule has 0 bridgehead atoms. The summed E-state index contributed by atoms with van der Waals surface area (Å²) in [5.41, 5.74) is 0.730. The monoisotopic (exact) mass is 416 g/mol. The van der Waals surface area contributed by atoms with Crippen molar-refractivity contribution in [1.29, 1.82) is 0 Å². The highest BCUT2D eigenvalue weighted by Crippen LogP contribution is 2.35. The summed E-state index contributed by atoms with van der Waals surface area (Å²) < 4.78 is 18.5. The smallest absolute Gasteiger partial charge is 0.325 e. The molecular formula is C19H16N2O5S2. The minimum absolute atomic E-state index is 0.0586. The second-order valence-corrected chi connectivity index (χ2v) is 7.80. The molecule has 1 aliphatic heterocycles. The van der Waals surface area contributed by atoms with Gasteiger partial charge in [-0.2, -0.15) is 4.99 Å². The van der Waals surface area contributed by atoms with Crippen LogP contribution in [-0.4, -0.2) is 36.8 Å². The number of ether oxygens (including phenoxy) is 3. The molecule has 3 aromatic rings. The summed E-state index contributed by atoms with van der Waals surface area (Å²) in [5, 5.41) is 1.93. The number of nitrogens with zero attached hydrogens (tertiary/aromatic N) is 2. The highest BCUT2D eigenvalue weighted by molar-refractivity contribution is 7.16. The maximum Gasteiger partial charge on any atom is 0.325 e. The quantitative estimate of drug-likeness (QED) is 0.483. The molecular weight excluding hydrogens is 400 g/mol. The zero-order chi connectivity index (χ0) is 19.5. The van der Waals surface area contributed by atoms with E-state index in [0.717, 1.165) is 15.1 Å². The summed E-state index contributed by atoms with van der Waals surface area (Å²) in [6, 6.07) is 7.46. The standard InChI is InChI=1S/C19H16N2O5S2/c1-24-18(23)11-21-13-9-14-15(26-7-6-25-14)10-16(13)28-19(21)20-17(22)5-4-12-3-2-8-27-12/h2-5,8-10H,6-7,11H2,1H3/b5-4+,20-19?. The van der Waals surface area contributed by atoms with E-state index >= 15 is 0 Å². The fourth-order valence-corrected chi connectivity index (χ4v) is 4.37. The third kappa shape index (κ3) is 3.85. The van der Waals surface area contributed by atoms with Crippen LogP contribution in [0.15, 0.2) is 40.7 Å². The topological polar surface area (TPSA) is 79.1 Å². The molecule has 1 aromatic carbocycles. The zero-order valence-electron chi connectivity index (χ0n) is 14.9. The summed E-state index contributed by atoms with van der Waals surface area (Å²) in [4.78, 5) is 29.8. The van der Waals surface area contributed by atoms with Crippen LogP contribution >= 0.6 is 22.7 Å². The van der Waals surface area contributed by atoms with Crippen molar-refractivity contribution in [2.45, 2.75) is 6.54 Å². The van der Waals surface area contributed by atoms with Gasteiger partial charge in [-0.3, -0.25) is 9.59 Å². The van der Waals surface area contributed by atoms with Gasteiger partial charge in [-0.05, 0) is 17.5 Å². The predicted molar refractivity (Wildman–Crippen MR) is 107 cm³/mol. The molecule has 1 aliphatic rings. The lowest BCUT2D eigenvalue weighted by Crippen LogP contribution is -2.22. The van der Waals surface area contributed by atoms with E-state index in [-0.39, 0.29) is 6.54 Å². The van der Waals surface area contributed by atoms with Gasteiger partial charge in [-0.15, -0.1) is 11.3 Å². The summed E-state index contributed by atoms with van der Waals surface area (Å²) in [5.74, 6) is 0.403. The average molecular weight is 416 g/mol. The van der Waals surface area contributed by atoms with Crippen LogP contribution < -0.4 is 14.3 Å². The van der Waals surface area contributed by atoms with Crippen molar-refractivity contribution in [1.82, 2.24) is 4.57 Å². The molecule has 0 saturated heterocycles. The summed E-state index contributed by atoms with van der Waals surface area (Å²) in [6.07, 6.45) is 3.13. The Kier molecular flexibility index (Phi) is 5.27. The second-order valence-electron chi connectivity index (χ2n) is 5.81. The van der Waals surface area contributed by atoms with Crippen LogP contribution in [0.3, 0.4) is 0 Å². The Balaban J connectivity index is 1.78. The van der Waals surface area contributed by atoms with Crippen LogP contribution in [0.1, 0.15) is 4.88 Å². The van der Waals surface area contributed by atoms with Crippen LogP contribution in [0.5, 0.6) is 11.5 Å². The lowest BCUT2D eigenvalue weighted by Gasteiger charge is -2.18. The highest BCUT2D eigenvalue weighted by Gasteiger charge is 2.18. The normalized spacial score (nSPS) is 14.0. The average Bonchev–Trinajstić information content (AvgIpc) is 3.33. The number of benzene rings is 1. The van der Waals surface area contributed by atoms with Crippen LogP contribution in [-0.2, 0) is 20.9 Å². The van der Waals surface area contributed by atoms with Crippen molar-refractivity contribution in [2.24, 2.45) is 4.99 Å². The predicted octanol–water partition coefficient (Wildman–Crippen LogP) is 2.85. The van der Waals surface area contributed by atoms with Gasteiger partial charge in [0.25, 0.3) is 5.91 Å². The van der Waals surface area contributed by atoms with Gasteiger partial charge in [0, 0.05) is 23.1 Å². The first kappa shape index (κ1) is 18.5. The molecule has 7 nitrogen and oxygen atoms in total. The number of carbonyl (C=O) groups is 2. The second kappa shape index (κ2) is 7.99. The summed E-state index contributed by atoms with van der Waals surface area (Å²) in [6.45, 7) is 0.884. The molecule has 0 saturated carbocycles. The number of carbonyl (C=O) groups excluding carboxylic acids is 2. The third-order valence-corrected chi connectivity index (χ3v) is 5.88. The van der Waals surface area contributed by atoms with Crippen LogP contribution in [0.25, 0.3) is 16.3 Å². The first-order valence-electron chi connectivity index (χ1n) is 8.44. The van der Waals surface area contributed by atoms with E-state index in [1.165, 1.54) is 35.9 Å². The number of thiophene rings is 1. The molecule has 1 amide bonds. The van der Waals surface area contributed by atoms with Crippen LogP contribution in [0, 0.1) is 0 Å². The maximum absolute atomic E-state index is 12.3. The number of methoxy groups -OCH3 is 1. The zero-order valence-corrected chi connectivity index (χ0v) is 16.5. The van der Waals surface area contributed by atoms with Gasteiger partial charge in [0.05, 0.1) is 17.3 Å². The first-order valence-corrected chi connectivity index (χ1v) is 10.1. The van der Waals surface area contributed by atoms with E-state index in [2.05, 4.69) is 4.99 Å². The molecule has 144 valence electrons. The molecule has 3 heterocycles. The van der Waals surface area contributed by atoms with Crippen molar-refractivity contribution in [2.75, 3.05) is 20.3 Å².